The third-order valence-corrected chi connectivity index (χ3v) is 4.20. The summed E-state index contributed by atoms with van der Waals surface area (Å²) in [6, 6.07) is 7.97. The fourth-order valence-corrected chi connectivity index (χ4v) is 3.22. The molecular weight excluding hydrogens is 218 g/mol. The fourth-order valence-electron chi connectivity index (χ4n) is 3.22. The number of benzene rings is 1. The van der Waals surface area contributed by atoms with Crippen LogP contribution in [0.3, 0.4) is 0 Å². The highest BCUT2D eigenvalue weighted by Gasteiger charge is 2.29. The van der Waals surface area contributed by atoms with Gasteiger partial charge in [0, 0.05) is 18.3 Å². The van der Waals surface area contributed by atoms with Gasteiger partial charge >= 0.3 is 0 Å². The third kappa shape index (κ3) is 2.41. The van der Waals surface area contributed by atoms with Crippen LogP contribution in [0.5, 0.6) is 0 Å². The van der Waals surface area contributed by atoms with Gasteiger partial charge in [-0.1, -0.05) is 39.8 Å². The largest absolute Gasteiger partial charge is 0.368 e. The molecule has 2 aliphatic heterocycles. The Hall–Kier alpha value is -0.980. The molecule has 1 atom stereocenters. The first-order valence-corrected chi connectivity index (χ1v) is 7.65. The molecule has 0 spiro atoms. The molecule has 0 N–H and O–H groups in total. The van der Waals surface area contributed by atoms with Crippen molar-refractivity contribution in [2.75, 3.05) is 11.4 Å². The summed E-state index contributed by atoms with van der Waals surface area (Å²) in [5.41, 5.74) is 4.61. The zero-order valence-electron chi connectivity index (χ0n) is 12.4. The van der Waals surface area contributed by atoms with Crippen LogP contribution in [0, 0.1) is 0 Å². The molecule has 1 aromatic rings. The van der Waals surface area contributed by atoms with E-state index < -0.39 is 0 Å². The number of hydrogen-bond acceptors (Lipinski definition) is 1. The van der Waals surface area contributed by atoms with Gasteiger partial charge in [0.2, 0.25) is 0 Å². The van der Waals surface area contributed by atoms with Gasteiger partial charge in [0.05, 0.1) is 0 Å². The summed E-state index contributed by atoms with van der Waals surface area (Å²) in [6.07, 6.45) is 5.45. The van der Waals surface area contributed by atoms with Crippen molar-refractivity contribution in [2.24, 2.45) is 0 Å². The van der Waals surface area contributed by atoms with Gasteiger partial charge in [-0.05, 0) is 48.8 Å². The predicted octanol–water partition coefficient (Wildman–Crippen LogP) is 4.75. The van der Waals surface area contributed by atoms with E-state index in [1.54, 1.807) is 5.56 Å². The highest BCUT2D eigenvalue weighted by molar-refractivity contribution is 5.58. The summed E-state index contributed by atoms with van der Waals surface area (Å²) < 4.78 is 0. The smallest absolute Gasteiger partial charge is 0.0401 e. The van der Waals surface area contributed by atoms with Gasteiger partial charge in [-0.2, -0.15) is 0 Å². The van der Waals surface area contributed by atoms with Gasteiger partial charge in [0.15, 0.2) is 0 Å². The number of aryl methyl sites for hydroxylation is 1. The van der Waals surface area contributed by atoms with Crippen LogP contribution in [0.1, 0.15) is 64.0 Å². The first kappa shape index (κ1) is 13.5. The highest BCUT2D eigenvalue weighted by atomic mass is 15.2. The van der Waals surface area contributed by atoms with Crippen molar-refractivity contribution in [2.45, 2.75) is 65.3 Å². The van der Waals surface area contributed by atoms with Crippen LogP contribution in [-0.2, 0) is 6.42 Å². The van der Waals surface area contributed by atoms with Crippen LogP contribution < -0.4 is 4.90 Å². The number of rotatable bonds is 1. The molecule has 0 bridgehead atoms. The van der Waals surface area contributed by atoms with E-state index in [0.717, 1.165) is 6.04 Å². The van der Waals surface area contributed by atoms with E-state index in [2.05, 4.69) is 36.9 Å². The van der Waals surface area contributed by atoms with Crippen molar-refractivity contribution < 1.29 is 0 Å². The summed E-state index contributed by atoms with van der Waals surface area (Å²) in [6.45, 7) is 9.84. The Kier molecular flexibility index (Phi) is 4.31. The van der Waals surface area contributed by atoms with Crippen molar-refractivity contribution >= 4 is 5.69 Å². The van der Waals surface area contributed by atoms with Crippen LogP contribution in [-0.4, -0.2) is 12.6 Å². The highest BCUT2D eigenvalue weighted by Crippen LogP contribution is 2.37. The normalized spacial score (nSPS) is 21.2. The predicted molar refractivity (Wildman–Crippen MR) is 80.6 cm³/mol. The second kappa shape index (κ2) is 5.77. The van der Waals surface area contributed by atoms with Crippen LogP contribution in [0.25, 0.3) is 0 Å². The van der Waals surface area contributed by atoms with Crippen molar-refractivity contribution in [1.82, 2.24) is 0 Å². The minimum absolute atomic E-state index is 0.654. The fraction of sp³-hybridized carbons (Fsp3) is 0.647. The molecule has 1 heteroatoms. The Labute approximate surface area is 112 Å². The summed E-state index contributed by atoms with van der Waals surface area (Å²) >= 11 is 0. The molecule has 0 aromatic heterocycles. The van der Waals surface area contributed by atoms with Gasteiger partial charge in [-0.3, -0.25) is 0 Å². The Bertz CT molecular complexity index is 395. The van der Waals surface area contributed by atoms with Crippen molar-refractivity contribution in [3.05, 3.63) is 29.3 Å². The SMILES string of the molecule is CC.CC(C)c1ccc2c(c1)CCC1CCCN21. The first-order chi connectivity index (χ1) is 8.75. The molecule has 100 valence electrons. The van der Waals surface area contributed by atoms with E-state index in [-0.39, 0.29) is 0 Å². The second-order valence-electron chi connectivity index (χ2n) is 5.57. The average molecular weight is 245 g/mol. The third-order valence-electron chi connectivity index (χ3n) is 4.20. The molecule has 2 aliphatic rings. The minimum atomic E-state index is 0.654. The molecule has 18 heavy (non-hydrogen) atoms. The van der Waals surface area contributed by atoms with E-state index in [0.29, 0.717) is 5.92 Å². The average Bonchev–Trinajstić information content (AvgIpc) is 2.89. The van der Waals surface area contributed by atoms with Crippen LogP contribution in [0.15, 0.2) is 18.2 Å². The molecule has 0 saturated carbocycles. The lowest BCUT2D eigenvalue weighted by Crippen LogP contribution is -2.33. The number of nitrogens with zero attached hydrogens (tertiary/aromatic N) is 1. The maximum Gasteiger partial charge on any atom is 0.0401 e. The zero-order valence-corrected chi connectivity index (χ0v) is 12.4. The first-order valence-electron chi connectivity index (χ1n) is 7.65. The van der Waals surface area contributed by atoms with E-state index in [9.17, 15) is 0 Å². The summed E-state index contributed by atoms with van der Waals surface area (Å²) in [5.74, 6) is 0.654. The van der Waals surface area contributed by atoms with Crippen LogP contribution >= 0.6 is 0 Å². The molecule has 1 fully saturated rings. The van der Waals surface area contributed by atoms with Gasteiger partial charge in [-0.15, -0.1) is 0 Å². The van der Waals surface area contributed by atoms with Gasteiger partial charge < -0.3 is 4.90 Å². The van der Waals surface area contributed by atoms with E-state index >= 15 is 0 Å². The summed E-state index contributed by atoms with van der Waals surface area (Å²) in [7, 11) is 0. The Balaban J connectivity index is 0.000000574. The summed E-state index contributed by atoms with van der Waals surface area (Å²) in [4.78, 5) is 2.64. The molecule has 0 radical (unpaired) electrons. The Morgan fingerprint density at radius 1 is 1.17 bits per heavy atom. The van der Waals surface area contributed by atoms with Gasteiger partial charge in [0.1, 0.15) is 0 Å². The van der Waals surface area contributed by atoms with E-state index in [4.69, 9.17) is 0 Å². The van der Waals surface area contributed by atoms with E-state index in [1.807, 2.05) is 13.8 Å². The lowest BCUT2D eigenvalue weighted by atomic mass is 9.92. The zero-order chi connectivity index (χ0) is 13.1. The van der Waals surface area contributed by atoms with Crippen molar-refractivity contribution in [3.8, 4) is 0 Å². The molecule has 2 heterocycles. The lowest BCUT2D eigenvalue weighted by Gasteiger charge is -2.34. The monoisotopic (exact) mass is 245 g/mol. The molecular formula is C17H27N. The molecule has 1 unspecified atom stereocenters. The van der Waals surface area contributed by atoms with Gasteiger partial charge in [-0.25, -0.2) is 0 Å². The molecule has 1 saturated heterocycles. The standard InChI is InChI=1S/C15H21N.C2H6/c1-11(2)12-6-8-15-13(10-12)5-7-14-4-3-9-16(14)15;1-2/h6,8,10-11,14H,3-5,7,9H2,1-2H3;1-2H3. The number of hydrogen-bond donors (Lipinski definition) is 0. The topological polar surface area (TPSA) is 3.24 Å². The van der Waals surface area contributed by atoms with Crippen LogP contribution in [0.2, 0.25) is 0 Å². The Morgan fingerprint density at radius 2 is 1.94 bits per heavy atom. The number of anilines is 1. The van der Waals surface area contributed by atoms with Crippen molar-refractivity contribution in [1.29, 1.82) is 0 Å². The lowest BCUT2D eigenvalue weighted by molar-refractivity contribution is 0.585. The Morgan fingerprint density at radius 3 is 2.67 bits per heavy atom. The maximum absolute atomic E-state index is 2.64. The molecule has 1 aromatic carbocycles. The second-order valence-corrected chi connectivity index (χ2v) is 5.57. The van der Waals surface area contributed by atoms with Crippen molar-refractivity contribution in [3.63, 3.8) is 0 Å². The van der Waals surface area contributed by atoms with E-state index in [1.165, 1.54) is 43.5 Å². The molecule has 0 aliphatic carbocycles. The molecule has 0 amide bonds. The molecule has 1 nitrogen and oxygen atoms in total. The van der Waals surface area contributed by atoms with Crippen LogP contribution in [0.4, 0.5) is 5.69 Å². The van der Waals surface area contributed by atoms with Gasteiger partial charge in [0.25, 0.3) is 0 Å². The number of fused-ring (bicyclic) bond motifs is 3. The minimum Gasteiger partial charge on any atom is -0.368 e. The maximum atomic E-state index is 2.64. The summed E-state index contributed by atoms with van der Waals surface area (Å²) in [5, 5.41) is 0. The quantitative estimate of drug-likeness (QED) is 0.690. The molecule has 3 rings (SSSR count).